The topological polar surface area (TPSA) is 66.8 Å². The standard InChI is InChI=1S/C8H8O4.2C2H6/c1-12-8(11)5-2-6(9)4-7(10)3-5;2*1-2/h2-4,9-10H,1H3;2*1-2H3. The Bertz CT molecular complexity index is 288. The minimum atomic E-state index is -0.596. The first-order valence-corrected chi connectivity index (χ1v) is 5.25. The van der Waals surface area contributed by atoms with Gasteiger partial charge in [0.25, 0.3) is 0 Å². The first-order chi connectivity index (χ1) is 7.63. The fourth-order valence-corrected chi connectivity index (χ4v) is 0.831. The summed E-state index contributed by atoms with van der Waals surface area (Å²) >= 11 is 0. The molecule has 0 heterocycles. The monoisotopic (exact) mass is 228 g/mol. The number of carbonyl (C=O) groups excluding carboxylic acids is 1. The third-order valence-electron chi connectivity index (χ3n) is 1.32. The van der Waals surface area contributed by atoms with Gasteiger partial charge in [-0.3, -0.25) is 0 Å². The molecule has 0 spiro atoms. The van der Waals surface area contributed by atoms with Crippen LogP contribution in [0.3, 0.4) is 0 Å². The summed E-state index contributed by atoms with van der Waals surface area (Å²) in [6, 6.07) is 3.56. The Labute approximate surface area is 96.5 Å². The van der Waals surface area contributed by atoms with E-state index in [1.165, 1.54) is 19.2 Å². The number of benzene rings is 1. The fourth-order valence-electron chi connectivity index (χ4n) is 0.831. The van der Waals surface area contributed by atoms with Gasteiger partial charge in [-0.15, -0.1) is 0 Å². The molecule has 0 aliphatic carbocycles. The van der Waals surface area contributed by atoms with Gasteiger partial charge < -0.3 is 14.9 Å². The molecule has 0 saturated carbocycles. The van der Waals surface area contributed by atoms with E-state index in [0.717, 1.165) is 6.07 Å². The van der Waals surface area contributed by atoms with Crippen molar-refractivity contribution < 1.29 is 19.7 Å². The van der Waals surface area contributed by atoms with Crippen LogP contribution in [0.15, 0.2) is 18.2 Å². The van der Waals surface area contributed by atoms with Crippen LogP contribution >= 0.6 is 0 Å². The highest BCUT2D eigenvalue weighted by Gasteiger charge is 2.07. The van der Waals surface area contributed by atoms with Crippen molar-refractivity contribution in [3.8, 4) is 11.5 Å². The summed E-state index contributed by atoms with van der Waals surface area (Å²) in [6.45, 7) is 8.00. The molecule has 0 radical (unpaired) electrons. The highest BCUT2D eigenvalue weighted by molar-refractivity contribution is 5.90. The summed E-state index contributed by atoms with van der Waals surface area (Å²) in [7, 11) is 1.23. The zero-order chi connectivity index (χ0) is 13.1. The van der Waals surface area contributed by atoms with Crippen molar-refractivity contribution in [2.45, 2.75) is 27.7 Å². The Hall–Kier alpha value is -1.71. The summed E-state index contributed by atoms with van der Waals surface area (Å²) in [4.78, 5) is 10.9. The van der Waals surface area contributed by atoms with Crippen molar-refractivity contribution in [2.24, 2.45) is 0 Å². The fraction of sp³-hybridized carbons (Fsp3) is 0.417. The third-order valence-corrected chi connectivity index (χ3v) is 1.32. The van der Waals surface area contributed by atoms with E-state index in [0.29, 0.717) is 0 Å². The number of hydrogen-bond acceptors (Lipinski definition) is 4. The van der Waals surface area contributed by atoms with Gasteiger partial charge in [0.15, 0.2) is 0 Å². The first-order valence-electron chi connectivity index (χ1n) is 5.25. The molecule has 0 aliphatic rings. The summed E-state index contributed by atoms with van der Waals surface area (Å²) in [5.41, 5.74) is 0.120. The maximum Gasteiger partial charge on any atom is 0.338 e. The van der Waals surface area contributed by atoms with Crippen molar-refractivity contribution >= 4 is 5.97 Å². The highest BCUT2D eigenvalue weighted by atomic mass is 16.5. The van der Waals surface area contributed by atoms with E-state index < -0.39 is 5.97 Å². The van der Waals surface area contributed by atoms with Crippen LogP contribution in [-0.2, 0) is 4.74 Å². The Morgan fingerprint density at radius 2 is 1.38 bits per heavy atom. The number of carbonyl (C=O) groups is 1. The maximum atomic E-state index is 10.9. The molecule has 0 aliphatic heterocycles. The summed E-state index contributed by atoms with van der Waals surface area (Å²) < 4.78 is 4.39. The quantitative estimate of drug-likeness (QED) is 0.725. The normalized spacial score (nSPS) is 7.81. The second kappa shape index (κ2) is 9.83. The first kappa shape index (κ1) is 16.7. The van der Waals surface area contributed by atoms with Crippen molar-refractivity contribution in [1.82, 2.24) is 0 Å². The average molecular weight is 228 g/mol. The van der Waals surface area contributed by atoms with Crippen LogP contribution in [-0.4, -0.2) is 23.3 Å². The van der Waals surface area contributed by atoms with Crippen LogP contribution in [0, 0.1) is 0 Å². The van der Waals surface area contributed by atoms with E-state index in [9.17, 15) is 4.79 Å². The summed E-state index contributed by atoms with van der Waals surface area (Å²) in [6.07, 6.45) is 0. The van der Waals surface area contributed by atoms with E-state index in [1.54, 1.807) is 0 Å². The lowest BCUT2D eigenvalue weighted by atomic mass is 10.2. The molecule has 0 saturated heterocycles. The van der Waals surface area contributed by atoms with E-state index in [4.69, 9.17) is 10.2 Å². The molecule has 1 aromatic rings. The number of phenolic OH excluding ortho intramolecular Hbond substituents is 2. The van der Waals surface area contributed by atoms with Gasteiger partial charge in [-0.05, 0) is 12.1 Å². The molecule has 0 atom stereocenters. The highest BCUT2D eigenvalue weighted by Crippen LogP contribution is 2.20. The SMILES string of the molecule is CC.CC.COC(=O)c1cc(O)cc(O)c1. The predicted octanol–water partition coefficient (Wildman–Crippen LogP) is 2.94. The molecular weight excluding hydrogens is 208 g/mol. The molecule has 2 N–H and O–H groups in total. The molecule has 4 heteroatoms. The van der Waals surface area contributed by atoms with Crippen LogP contribution in [0.2, 0.25) is 0 Å². The lowest BCUT2D eigenvalue weighted by Crippen LogP contribution is -2.00. The number of rotatable bonds is 1. The van der Waals surface area contributed by atoms with Crippen LogP contribution in [0.4, 0.5) is 0 Å². The number of aromatic hydroxyl groups is 2. The van der Waals surface area contributed by atoms with Gasteiger partial charge in [0.2, 0.25) is 0 Å². The summed E-state index contributed by atoms with van der Waals surface area (Å²) in [5.74, 6) is -0.938. The predicted molar refractivity (Wildman–Crippen MR) is 63.8 cm³/mol. The number of methoxy groups -OCH3 is 1. The zero-order valence-electron chi connectivity index (χ0n) is 10.4. The molecule has 16 heavy (non-hydrogen) atoms. The van der Waals surface area contributed by atoms with Gasteiger partial charge >= 0.3 is 5.97 Å². The van der Waals surface area contributed by atoms with Gasteiger partial charge in [0.1, 0.15) is 11.5 Å². The van der Waals surface area contributed by atoms with Crippen LogP contribution < -0.4 is 0 Å². The molecule has 92 valence electrons. The van der Waals surface area contributed by atoms with Crippen LogP contribution in [0.1, 0.15) is 38.1 Å². The minimum Gasteiger partial charge on any atom is -0.508 e. The Balaban J connectivity index is 0. The molecule has 4 nitrogen and oxygen atoms in total. The van der Waals surface area contributed by atoms with E-state index >= 15 is 0 Å². The van der Waals surface area contributed by atoms with E-state index in [1.807, 2.05) is 27.7 Å². The molecule has 0 aromatic heterocycles. The molecular formula is C12H20O4. The third kappa shape index (κ3) is 5.90. The maximum absolute atomic E-state index is 10.9. The van der Waals surface area contributed by atoms with Crippen LogP contribution in [0.25, 0.3) is 0 Å². The molecule has 0 unspecified atom stereocenters. The van der Waals surface area contributed by atoms with E-state index in [2.05, 4.69) is 4.74 Å². The van der Waals surface area contributed by atoms with Gasteiger partial charge in [0, 0.05) is 6.07 Å². The smallest absolute Gasteiger partial charge is 0.338 e. The largest absolute Gasteiger partial charge is 0.508 e. The van der Waals surface area contributed by atoms with Gasteiger partial charge in [0.05, 0.1) is 12.7 Å². The molecule has 1 aromatic carbocycles. The van der Waals surface area contributed by atoms with Crippen LogP contribution in [0.5, 0.6) is 11.5 Å². The van der Waals surface area contributed by atoms with Gasteiger partial charge in [-0.2, -0.15) is 0 Å². The van der Waals surface area contributed by atoms with Crippen molar-refractivity contribution in [2.75, 3.05) is 7.11 Å². The molecule has 0 bridgehead atoms. The molecule has 0 fully saturated rings. The number of ether oxygens (including phenoxy) is 1. The lowest BCUT2D eigenvalue weighted by Gasteiger charge is -2.00. The molecule has 0 amide bonds. The minimum absolute atomic E-state index is 0.120. The van der Waals surface area contributed by atoms with Gasteiger partial charge in [-0.1, -0.05) is 27.7 Å². The van der Waals surface area contributed by atoms with Crippen molar-refractivity contribution in [1.29, 1.82) is 0 Å². The number of esters is 1. The lowest BCUT2D eigenvalue weighted by molar-refractivity contribution is 0.0600. The Morgan fingerprint density at radius 3 is 1.69 bits per heavy atom. The Morgan fingerprint density at radius 1 is 1.00 bits per heavy atom. The second-order valence-corrected chi connectivity index (χ2v) is 2.23. The zero-order valence-corrected chi connectivity index (χ0v) is 10.4. The number of hydrogen-bond donors (Lipinski definition) is 2. The summed E-state index contributed by atoms with van der Waals surface area (Å²) in [5, 5.41) is 17.9. The van der Waals surface area contributed by atoms with Crippen molar-refractivity contribution in [3.63, 3.8) is 0 Å². The second-order valence-electron chi connectivity index (χ2n) is 2.23. The van der Waals surface area contributed by atoms with Gasteiger partial charge in [-0.25, -0.2) is 4.79 Å². The Kier molecular flexibility index (Phi) is 10.3. The number of phenols is 2. The van der Waals surface area contributed by atoms with Crippen molar-refractivity contribution in [3.05, 3.63) is 23.8 Å². The molecule has 1 rings (SSSR count). The average Bonchev–Trinajstić information content (AvgIpc) is 2.32. The van der Waals surface area contributed by atoms with E-state index in [-0.39, 0.29) is 17.1 Å².